The standard InChI is InChI=1S/C13H15N5O2/c14-6-8-3-1-2-4-9(8)11-5-10(12(15)20)13(17-11)18(16)7-19/h1-5,7,17H,6,14,16H2,(H2,15,20). The van der Waals surface area contributed by atoms with Crippen LogP contribution in [0.2, 0.25) is 0 Å². The molecular formula is C13H15N5O2. The predicted octanol–water partition coefficient (Wildman–Crippen LogP) is 0.0758. The summed E-state index contributed by atoms with van der Waals surface area (Å²) in [5.41, 5.74) is 13.4. The molecule has 2 amide bonds. The predicted molar refractivity (Wildman–Crippen MR) is 75.4 cm³/mol. The molecule has 0 aliphatic carbocycles. The van der Waals surface area contributed by atoms with Crippen LogP contribution in [0.1, 0.15) is 15.9 Å². The van der Waals surface area contributed by atoms with E-state index in [-0.39, 0.29) is 11.4 Å². The molecule has 0 saturated carbocycles. The number of nitrogens with two attached hydrogens (primary N) is 3. The van der Waals surface area contributed by atoms with Crippen molar-refractivity contribution in [2.75, 3.05) is 5.01 Å². The van der Waals surface area contributed by atoms with Gasteiger partial charge in [-0.25, -0.2) is 10.9 Å². The van der Waals surface area contributed by atoms with Crippen molar-refractivity contribution in [1.29, 1.82) is 0 Å². The minimum absolute atomic E-state index is 0.140. The van der Waals surface area contributed by atoms with E-state index in [1.807, 2.05) is 24.3 Å². The summed E-state index contributed by atoms with van der Waals surface area (Å²) >= 11 is 0. The number of nitrogens with zero attached hydrogens (tertiary/aromatic N) is 1. The van der Waals surface area contributed by atoms with E-state index in [9.17, 15) is 9.59 Å². The molecule has 7 N–H and O–H groups in total. The lowest BCUT2D eigenvalue weighted by Gasteiger charge is -2.09. The average molecular weight is 273 g/mol. The van der Waals surface area contributed by atoms with Gasteiger partial charge in [0.25, 0.3) is 5.91 Å². The first-order chi connectivity index (χ1) is 9.58. The van der Waals surface area contributed by atoms with Crippen molar-refractivity contribution in [1.82, 2.24) is 4.98 Å². The Morgan fingerprint density at radius 2 is 2.05 bits per heavy atom. The van der Waals surface area contributed by atoms with E-state index in [0.717, 1.165) is 16.1 Å². The number of nitrogens with one attached hydrogen (secondary N) is 1. The molecule has 0 fully saturated rings. The molecule has 2 rings (SSSR count). The number of benzene rings is 1. The molecule has 1 heterocycles. The second-order valence-corrected chi connectivity index (χ2v) is 4.18. The number of carbonyl (C=O) groups excluding carboxylic acids is 2. The van der Waals surface area contributed by atoms with Crippen molar-refractivity contribution < 1.29 is 9.59 Å². The Bertz CT molecular complexity index is 650. The zero-order valence-electron chi connectivity index (χ0n) is 10.7. The summed E-state index contributed by atoms with van der Waals surface area (Å²) < 4.78 is 0. The molecule has 1 aromatic carbocycles. The summed E-state index contributed by atoms with van der Waals surface area (Å²) in [5.74, 6) is 4.97. The summed E-state index contributed by atoms with van der Waals surface area (Å²) in [6.45, 7) is 0.344. The molecule has 2 aromatic rings. The van der Waals surface area contributed by atoms with Crippen molar-refractivity contribution in [3.63, 3.8) is 0 Å². The van der Waals surface area contributed by atoms with Gasteiger partial charge < -0.3 is 16.5 Å². The van der Waals surface area contributed by atoms with Gasteiger partial charge in [-0.2, -0.15) is 0 Å². The van der Waals surface area contributed by atoms with E-state index in [2.05, 4.69) is 4.98 Å². The summed E-state index contributed by atoms with van der Waals surface area (Å²) in [4.78, 5) is 25.1. The van der Waals surface area contributed by atoms with E-state index in [1.54, 1.807) is 6.07 Å². The van der Waals surface area contributed by atoms with Crippen LogP contribution >= 0.6 is 0 Å². The molecule has 0 spiro atoms. The van der Waals surface area contributed by atoms with Crippen LogP contribution in [0, 0.1) is 0 Å². The largest absolute Gasteiger partial charge is 0.365 e. The Labute approximate surface area is 115 Å². The maximum Gasteiger partial charge on any atom is 0.252 e. The van der Waals surface area contributed by atoms with Gasteiger partial charge in [-0.15, -0.1) is 0 Å². The van der Waals surface area contributed by atoms with Crippen molar-refractivity contribution in [2.24, 2.45) is 17.3 Å². The third-order valence-electron chi connectivity index (χ3n) is 2.96. The van der Waals surface area contributed by atoms with Crippen LogP contribution in [0.15, 0.2) is 30.3 Å². The first-order valence-corrected chi connectivity index (χ1v) is 5.89. The van der Waals surface area contributed by atoms with Crippen LogP contribution in [0.4, 0.5) is 5.82 Å². The lowest BCUT2D eigenvalue weighted by Crippen LogP contribution is -2.31. The van der Waals surface area contributed by atoms with Crippen molar-refractivity contribution >= 4 is 18.1 Å². The quantitative estimate of drug-likeness (QED) is 0.266. The maximum absolute atomic E-state index is 11.4. The highest BCUT2D eigenvalue weighted by molar-refractivity contribution is 6.01. The zero-order valence-corrected chi connectivity index (χ0v) is 10.7. The first-order valence-electron chi connectivity index (χ1n) is 5.89. The fourth-order valence-electron chi connectivity index (χ4n) is 1.99. The first kappa shape index (κ1) is 13.8. The zero-order chi connectivity index (χ0) is 14.7. The number of hydrogen-bond donors (Lipinski definition) is 4. The van der Waals surface area contributed by atoms with Crippen LogP contribution in [-0.4, -0.2) is 17.3 Å². The topological polar surface area (TPSA) is 131 Å². The van der Waals surface area contributed by atoms with E-state index < -0.39 is 5.91 Å². The maximum atomic E-state index is 11.4. The Morgan fingerprint density at radius 3 is 2.65 bits per heavy atom. The highest BCUT2D eigenvalue weighted by Gasteiger charge is 2.18. The molecule has 0 radical (unpaired) electrons. The third-order valence-corrected chi connectivity index (χ3v) is 2.96. The summed E-state index contributed by atoms with van der Waals surface area (Å²) in [6, 6.07) is 8.99. The number of primary amides is 1. The molecule has 0 unspecified atom stereocenters. The van der Waals surface area contributed by atoms with E-state index in [4.69, 9.17) is 17.3 Å². The Kier molecular flexibility index (Phi) is 3.83. The number of aromatic nitrogens is 1. The molecule has 0 atom stereocenters. The van der Waals surface area contributed by atoms with Gasteiger partial charge in [0.05, 0.1) is 5.56 Å². The van der Waals surface area contributed by atoms with Crippen molar-refractivity contribution in [3.8, 4) is 11.3 Å². The van der Waals surface area contributed by atoms with Gasteiger partial charge in [0, 0.05) is 17.8 Å². The number of rotatable bonds is 5. The van der Waals surface area contributed by atoms with Crippen LogP contribution in [0.5, 0.6) is 0 Å². The van der Waals surface area contributed by atoms with Crippen LogP contribution in [0.25, 0.3) is 11.3 Å². The summed E-state index contributed by atoms with van der Waals surface area (Å²) in [7, 11) is 0. The second-order valence-electron chi connectivity index (χ2n) is 4.18. The van der Waals surface area contributed by atoms with Gasteiger partial charge in [-0.1, -0.05) is 24.3 Å². The molecule has 0 aliphatic heterocycles. The minimum atomic E-state index is -0.676. The molecule has 1 aromatic heterocycles. The number of H-pyrrole nitrogens is 1. The number of aromatic amines is 1. The summed E-state index contributed by atoms with van der Waals surface area (Å²) in [5, 5.41) is 0.772. The fourth-order valence-corrected chi connectivity index (χ4v) is 1.99. The van der Waals surface area contributed by atoms with Gasteiger partial charge in [0.15, 0.2) is 0 Å². The Hall–Kier alpha value is -2.64. The monoisotopic (exact) mass is 273 g/mol. The lowest BCUT2D eigenvalue weighted by atomic mass is 10.0. The molecular weight excluding hydrogens is 258 g/mol. The van der Waals surface area contributed by atoms with Crippen LogP contribution < -0.4 is 22.3 Å². The minimum Gasteiger partial charge on any atom is -0.365 e. The molecule has 7 nitrogen and oxygen atoms in total. The van der Waals surface area contributed by atoms with Crippen molar-refractivity contribution in [3.05, 3.63) is 41.5 Å². The fraction of sp³-hybridized carbons (Fsp3) is 0.0769. The number of anilines is 1. The summed E-state index contributed by atoms with van der Waals surface area (Å²) in [6.07, 6.45) is 0.386. The number of carbonyl (C=O) groups is 2. The Morgan fingerprint density at radius 1 is 1.35 bits per heavy atom. The van der Waals surface area contributed by atoms with Gasteiger partial charge in [-0.05, 0) is 11.6 Å². The van der Waals surface area contributed by atoms with Crippen LogP contribution in [0.3, 0.4) is 0 Å². The van der Waals surface area contributed by atoms with E-state index in [1.165, 1.54) is 0 Å². The average Bonchev–Trinajstić information content (AvgIpc) is 2.91. The van der Waals surface area contributed by atoms with Gasteiger partial charge in [-0.3, -0.25) is 9.59 Å². The van der Waals surface area contributed by atoms with E-state index in [0.29, 0.717) is 18.6 Å². The Balaban J connectivity index is 2.58. The molecule has 0 bridgehead atoms. The number of amides is 2. The lowest BCUT2D eigenvalue weighted by molar-refractivity contribution is -0.107. The van der Waals surface area contributed by atoms with Crippen LogP contribution in [-0.2, 0) is 11.3 Å². The number of hydrazine groups is 1. The molecule has 20 heavy (non-hydrogen) atoms. The van der Waals surface area contributed by atoms with E-state index >= 15 is 0 Å². The third kappa shape index (κ3) is 2.40. The molecule has 0 aliphatic rings. The smallest absolute Gasteiger partial charge is 0.252 e. The van der Waals surface area contributed by atoms with Gasteiger partial charge >= 0.3 is 0 Å². The van der Waals surface area contributed by atoms with Gasteiger partial charge in [0.2, 0.25) is 6.41 Å². The molecule has 0 saturated heterocycles. The highest BCUT2D eigenvalue weighted by atomic mass is 16.1. The van der Waals surface area contributed by atoms with Crippen molar-refractivity contribution in [2.45, 2.75) is 6.54 Å². The number of hydrogen-bond acceptors (Lipinski definition) is 4. The normalized spacial score (nSPS) is 10.3. The highest BCUT2D eigenvalue weighted by Crippen LogP contribution is 2.28. The van der Waals surface area contributed by atoms with Gasteiger partial charge in [0.1, 0.15) is 5.82 Å². The SMILES string of the molecule is NCc1ccccc1-c1cc(C(N)=O)c(N(N)C=O)[nH]1. The molecule has 104 valence electrons. The second kappa shape index (κ2) is 5.55. The molecule has 7 heteroatoms.